The molecule has 3 amide bonds. The van der Waals surface area contributed by atoms with E-state index in [2.05, 4.69) is 31.4 Å². The summed E-state index contributed by atoms with van der Waals surface area (Å²) in [5.41, 5.74) is 3.31. The monoisotopic (exact) mass is 523 g/mol. The molecule has 198 valence electrons. The number of ether oxygens (including phenoxy) is 1. The van der Waals surface area contributed by atoms with Crippen molar-refractivity contribution in [3.05, 3.63) is 65.9 Å². The topological polar surface area (TPSA) is 88.5 Å². The summed E-state index contributed by atoms with van der Waals surface area (Å²) in [6, 6.07) is 17.1. The number of nitrogens with zero attached hydrogens (tertiary/aromatic N) is 3. The van der Waals surface area contributed by atoms with Crippen LogP contribution < -0.4 is 10.6 Å². The number of benzene rings is 2. The molecule has 0 radical (unpaired) electrons. The number of hydrogen-bond acceptors (Lipinski definition) is 5. The Morgan fingerprint density at radius 3 is 2.32 bits per heavy atom. The van der Waals surface area contributed by atoms with Crippen LogP contribution in [0, 0.1) is 6.92 Å². The highest BCUT2D eigenvalue weighted by atomic mass is 32.2. The maximum atomic E-state index is 13.2. The van der Waals surface area contributed by atoms with Crippen molar-refractivity contribution in [1.82, 2.24) is 14.7 Å². The molecule has 0 aliphatic rings. The minimum absolute atomic E-state index is 0.109. The van der Waals surface area contributed by atoms with Crippen LogP contribution in [0.3, 0.4) is 0 Å². The Morgan fingerprint density at radius 2 is 1.73 bits per heavy atom. The van der Waals surface area contributed by atoms with E-state index in [9.17, 15) is 9.59 Å². The second kappa shape index (κ2) is 12.8. The number of methoxy groups -OCH3 is 1. The van der Waals surface area contributed by atoms with Gasteiger partial charge in [0.2, 0.25) is 5.91 Å². The number of hydrogen-bond donors (Lipinski definition) is 2. The van der Waals surface area contributed by atoms with E-state index < -0.39 is 0 Å². The number of anilines is 2. The SMILES string of the molecule is COCCCN(CC(=O)Nc1cc(C(C)(C)C)nn1-c1ccc(C)cc1)C(=O)Nc1ccc(SC)cc1. The van der Waals surface area contributed by atoms with Crippen LogP contribution in [0.4, 0.5) is 16.3 Å². The summed E-state index contributed by atoms with van der Waals surface area (Å²) in [5.74, 6) is 0.253. The average molecular weight is 524 g/mol. The smallest absolute Gasteiger partial charge is 0.322 e. The molecule has 0 saturated heterocycles. The third-order valence-electron chi connectivity index (χ3n) is 5.76. The minimum Gasteiger partial charge on any atom is -0.385 e. The van der Waals surface area contributed by atoms with Crippen molar-refractivity contribution in [1.29, 1.82) is 0 Å². The van der Waals surface area contributed by atoms with Gasteiger partial charge in [0.25, 0.3) is 0 Å². The van der Waals surface area contributed by atoms with E-state index in [1.807, 2.05) is 67.8 Å². The number of aromatic nitrogens is 2. The minimum atomic E-state index is -0.342. The zero-order chi connectivity index (χ0) is 27.0. The summed E-state index contributed by atoms with van der Waals surface area (Å²) >= 11 is 1.63. The number of carbonyl (C=O) groups is 2. The van der Waals surface area contributed by atoms with Gasteiger partial charge in [0, 0.05) is 42.3 Å². The summed E-state index contributed by atoms with van der Waals surface area (Å²) < 4.78 is 6.89. The van der Waals surface area contributed by atoms with Crippen molar-refractivity contribution in [3.8, 4) is 5.69 Å². The number of rotatable bonds is 10. The van der Waals surface area contributed by atoms with E-state index in [1.165, 1.54) is 4.90 Å². The molecule has 37 heavy (non-hydrogen) atoms. The Morgan fingerprint density at radius 1 is 1.05 bits per heavy atom. The van der Waals surface area contributed by atoms with E-state index in [0.29, 0.717) is 31.1 Å². The molecule has 0 bridgehead atoms. The molecule has 3 aromatic rings. The molecule has 9 heteroatoms. The first-order chi connectivity index (χ1) is 17.6. The molecule has 0 unspecified atom stereocenters. The molecule has 0 atom stereocenters. The number of amides is 3. The van der Waals surface area contributed by atoms with Gasteiger partial charge in [0.1, 0.15) is 12.4 Å². The van der Waals surface area contributed by atoms with Gasteiger partial charge < -0.3 is 20.3 Å². The van der Waals surface area contributed by atoms with E-state index in [-0.39, 0.29) is 23.9 Å². The lowest BCUT2D eigenvalue weighted by atomic mass is 9.92. The van der Waals surface area contributed by atoms with Crippen LogP contribution in [0.2, 0.25) is 0 Å². The third-order valence-corrected chi connectivity index (χ3v) is 6.51. The number of thioether (sulfide) groups is 1. The number of nitrogens with one attached hydrogen (secondary N) is 2. The van der Waals surface area contributed by atoms with Crippen LogP contribution in [-0.2, 0) is 14.9 Å². The first kappa shape index (κ1) is 28.3. The second-order valence-electron chi connectivity index (χ2n) is 9.89. The molecule has 0 aliphatic heterocycles. The van der Waals surface area contributed by atoms with E-state index in [1.54, 1.807) is 23.6 Å². The quantitative estimate of drug-likeness (QED) is 0.263. The molecular weight excluding hydrogens is 486 g/mol. The lowest BCUT2D eigenvalue weighted by molar-refractivity contribution is -0.116. The van der Waals surface area contributed by atoms with Crippen LogP contribution in [-0.4, -0.2) is 59.7 Å². The van der Waals surface area contributed by atoms with Crippen molar-refractivity contribution in [2.45, 2.75) is 44.4 Å². The Labute approximate surface area is 223 Å². The van der Waals surface area contributed by atoms with Gasteiger partial charge in [-0.25, -0.2) is 9.48 Å². The Hall–Kier alpha value is -3.30. The Kier molecular flexibility index (Phi) is 9.77. The van der Waals surface area contributed by atoms with E-state index in [0.717, 1.165) is 21.8 Å². The summed E-state index contributed by atoms with van der Waals surface area (Å²) in [6.45, 7) is 9.01. The normalized spacial score (nSPS) is 11.3. The third kappa shape index (κ3) is 8.10. The van der Waals surface area contributed by atoms with Crippen molar-refractivity contribution in [2.24, 2.45) is 0 Å². The Balaban J connectivity index is 1.78. The largest absolute Gasteiger partial charge is 0.385 e. The first-order valence-corrected chi connectivity index (χ1v) is 13.5. The van der Waals surface area contributed by atoms with Gasteiger partial charge in [0.05, 0.1) is 11.4 Å². The zero-order valence-corrected chi connectivity index (χ0v) is 23.3. The maximum absolute atomic E-state index is 13.2. The van der Waals surface area contributed by atoms with Crippen LogP contribution in [0.1, 0.15) is 38.4 Å². The molecular formula is C28H37N5O3S. The molecule has 2 aromatic carbocycles. The van der Waals surface area contributed by atoms with Gasteiger partial charge in [-0.2, -0.15) is 5.10 Å². The highest BCUT2D eigenvalue weighted by Crippen LogP contribution is 2.26. The van der Waals surface area contributed by atoms with Crippen molar-refractivity contribution in [2.75, 3.05) is 43.7 Å². The van der Waals surface area contributed by atoms with Gasteiger partial charge in [-0.3, -0.25) is 4.79 Å². The highest BCUT2D eigenvalue weighted by Gasteiger charge is 2.23. The predicted molar refractivity (Wildman–Crippen MR) is 151 cm³/mol. The molecule has 1 heterocycles. The highest BCUT2D eigenvalue weighted by molar-refractivity contribution is 7.98. The molecule has 0 saturated carbocycles. The summed E-state index contributed by atoms with van der Waals surface area (Å²) in [6.07, 6.45) is 2.61. The van der Waals surface area contributed by atoms with Gasteiger partial charge in [-0.05, 0) is 56.0 Å². The van der Waals surface area contributed by atoms with Crippen LogP contribution in [0.25, 0.3) is 5.69 Å². The first-order valence-electron chi connectivity index (χ1n) is 12.3. The molecule has 1 aromatic heterocycles. The predicted octanol–water partition coefficient (Wildman–Crippen LogP) is 5.71. The second-order valence-corrected chi connectivity index (χ2v) is 10.8. The van der Waals surface area contributed by atoms with Crippen LogP contribution in [0.15, 0.2) is 59.5 Å². The lowest BCUT2D eigenvalue weighted by Crippen LogP contribution is -2.41. The lowest BCUT2D eigenvalue weighted by Gasteiger charge is -2.23. The maximum Gasteiger partial charge on any atom is 0.322 e. The Bertz CT molecular complexity index is 1180. The number of aryl methyl sites for hydroxylation is 1. The van der Waals surface area contributed by atoms with E-state index >= 15 is 0 Å². The molecule has 0 fully saturated rings. The average Bonchev–Trinajstić information content (AvgIpc) is 3.28. The number of carbonyl (C=O) groups excluding carboxylic acids is 2. The zero-order valence-electron chi connectivity index (χ0n) is 22.5. The standard InChI is InChI=1S/C28H37N5O3S/c1-20-8-12-22(13-9-20)33-25(18-24(31-33)28(2,3)4)30-26(34)19-32(16-7-17-36-5)27(35)29-21-10-14-23(37-6)15-11-21/h8-15,18H,7,16-17,19H2,1-6H3,(H,29,35)(H,30,34). The van der Waals surface area contributed by atoms with Gasteiger partial charge in [-0.15, -0.1) is 11.8 Å². The van der Waals surface area contributed by atoms with Gasteiger partial charge in [-0.1, -0.05) is 38.5 Å². The van der Waals surface area contributed by atoms with Crippen molar-refractivity contribution < 1.29 is 14.3 Å². The summed E-state index contributed by atoms with van der Waals surface area (Å²) in [5, 5.41) is 10.6. The van der Waals surface area contributed by atoms with Gasteiger partial charge in [0.15, 0.2) is 0 Å². The van der Waals surface area contributed by atoms with Crippen LogP contribution >= 0.6 is 11.8 Å². The fourth-order valence-corrected chi connectivity index (χ4v) is 4.01. The fraction of sp³-hybridized carbons (Fsp3) is 0.393. The fourth-order valence-electron chi connectivity index (χ4n) is 3.60. The number of urea groups is 1. The molecule has 0 spiro atoms. The van der Waals surface area contributed by atoms with E-state index in [4.69, 9.17) is 9.84 Å². The van der Waals surface area contributed by atoms with Crippen molar-refractivity contribution in [3.63, 3.8) is 0 Å². The summed E-state index contributed by atoms with van der Waals surface area (Å²) in [7, 11) is 1.61. The molecule has 3 rings (SSSR count). The van der Waals surface area contributed by atoms with Crippen LogP contribution in [0.5, 0.6) is 0 Å². The molecule has 8 nitrogen and oxygen atoms in total. The van der Waals surface area contributed by atoms with Gasteiger partial charge >= 0.3 is 6.03 Å². The molecule has 2 N–H and O–H groups in total. The van der Waals surface area contributed by atoms with Crippen molar-refractivity contribution >= 4 is 35.2 Å². The summed E-state index contributed by atoms with van der Waals surface area (Å²) in [4.78, 5) is 28.9. The molecule has 0 aliphatic carbocycles.